The van der Waals surface area contributed by atoms with E-state index in [4.69, 9.17) is 67.3 Å². The number of hydrogen-bond acceptors (Lipinski definition) is 17. The zero-order valence-electron chi connectivity index (χ0n) is 38.8. The molecule has 1 aliphatic carbocycles. The molecule has 0 saturated carbocycles. The Morgan fingerprint density at radius 1 is 0.470 bits per heavy atom. The van der Waals surface area contributed by atoms with Gasteiger partial charge in [-0.15, -0.1) is 0 Å². The first-order valence-corrected chi connectivity index (χ1v) is 22.7. The highest BCUT2D eigenvalue weighted by Gasteiger charge is 2.30. The van der Waals surface area contributed by atoms with Gasteiger partial charge in [0.2, 0.25) is 11.8 Å². The normalized spacial score (nSPS) is 12.0. The lowest BCUT2D eigenvalue weighted by atomic mass is 9.98. The van der Waals surface area contributed by atoms with Crippen LogP contribution in [0.5, 0.6) is 0 Å². The van der Waals surface area contributed by atoms with E-state index in [1.165, 1.54) is 0 Å². The number of nitrogens with two attached hydrogens (primary N) is 1. The summed E-state index contributed by atoms with van der Waals surface area (Å²) in [6.45, 7) is 10.6. The van der Waals surface area contributed by atoms with E-state index in [0.29, 0.717) is 145 Å². The maximum atomic E-state index is 13.2. The molecule has 20 nitrogen and oxygen atoms in total. The summed E-state index contributed by atoms with van der Waals surface area (Å²) in [5.74, 6) is -1.07. The minimum atomic E-state index is -0.769. The highest BCUT2D eigenvalue weighted by molar-refractivity contribution is 5.87. The molecule has 3 amide bonds. The Balaban J connectivity index is 1.06. The predicted molar refractivity (Wildman–Crippen MR) is 243 cm³/mol. The lowest BCUT2D eigenvalue weighted by Gasteiger charge is -2.23. The van der Waals surface area contributed by atoms with Crippen LogP contribution < -0.4 is 16.4 Å². The summed E-state index contributed by atoms with van der Waals surface area (Å²) < 4.78 is 70.8. The summed E-state index contributed by atoms with van der Waals surface area (Å²) in [6.07, 6.45) is -0.769. The minimum absolute atomic E-state index is 0.0575. The molecule has 0 bridgehead atoms. The molecule has 66 heavy (non-hydrogen) atoms. The first-order valence-electron chi connectivity index (χ1n) is 22.7. The molecule has 0 saturated heterocycles. The van der Waals surface area contributed by atoms with E-state index in [0.717, 1.165) is 27.2 Å². The van der Waals surface area contributed by atoms with Crippen molar-refractivity contribution in [2.75, 3.05) is 198 Å². The van der Waals surface area contributed by atoms with Crippen LogP contribution in [0.3, 0.4) is 0 Å². The van der Waals surface area contributed by atoms with E-state index in [9.17, 15) is 14.4 Å². The van der Waals surface area contributed by atoms with Gasteiger partial charge in [-0.05, 0) is 22.3 Å². The van der Waals surface area contributed by atoms with Crippen molar-refractivity contribution in [1.82, 2.24) is 15.5 Å². The lowest BCUT2D eigenvalue weighted by Crippen LogP contribution is -2.47. The van der Waals surface area contributed by atoms with Crippen LogP contribution in [-0.4, -0.2) is 221 Å². The zero-order chi connectivity index (χ0) is 47.0. The molecule has 0 atom stereocenters. The number of hydrogen-bond donors (Lipinski definition) is 3. The van der Waals surface area contributed by atoms with Crippen LogP contribution in [0.15, 0.2) is 48.5 Å². The molecular formula is C46H74N4O16. The van der Waals surface area contributed by atoms with Crippen LogP contribution in [0.4, 0.5) is 4.79 Å². The molecule has 4 N–H and O–H groups in total. The van der Waals surface area contributed by atoms with Gasteiger partial charge in [0.25, 0.3) is 0 Å². The first-order chi connectivity index (χ1) is 32.5. The van der Waals surface area contributed by atoms with E-state index in [1.807, 2.05) is 48.5 Å². The van der Waals surface area contributed by atoms with E-state index in [2.05, 4.69) is 10.6 Å². The third-order valence-corrected chi connectivity index (χ3v) is 9.45. The van der Waals surface area contributed by atoms with Crippen molar-refractivity contribution in [3.8, 4) is 11.1 Å². The van der Waals surface area contributed by atoms with Gasteiger partial charge in [-0.3, -0.25) is 14.5 Å². The average Bonchev–Trinajstić information content (AvgIpc) is 3.65. The quantitative estimate of drug-likeness (QED) is 0.0796. The average molecular weight is 939 g/mol. The number of nitrogens with one attached hydrogen (secondary N) is 2. The van der Waals surface area contributed by atoms with Gasteiger partial charge < -0.3 is 77.9 Å². The van der Waals surface area contributed by atoms with Crippen molar-refractivity contribution in [3.05, 3.63) is 59.7 Å². The fraction of sp³-hybridized carbons (Fsp3) is 0.674. The third-order valence-electron chi connectivity index (χ3n) is 9.45. The minimum Gasteiger partial charge on any atom is -0.448 e. The Bertz CT molecular complexity index is 1500. The van der Waals surface area contributed by atoms with Crippen molar-refractivity contribution in [1.29, 1.82) is 0 Å². The van der Waals surface area contributed by atoms with Gasteiger partial charge in [-0.2, -0.15) is 0 Å². The fourth-order valence-electron chi connectivity index (χ4n) is 6.25. The van der Waals surface area contributed by atoms with Gasteiger partial charge in [-0.25, -0.2) is 4.79 Å². The van der Waals surface area contributed by atoms with E-state index in [-0.39, 0.29) is 51.9 Å². The van der Waals surface area contributed by atoms with E-state index in [1.54, 1.807) is 7.11 Å². The number of fused-ring (bicyclic) bond motifs is 3. The molecule has 2 aromatic carbocycles. The summed E-state index contributed by atoms with van der Waals surface area (Å²) in [5.41, 5.74) is 9.81. The number of amides is 3. The van der Waals surface area contributed by atoms with Gasteiger partial charge >= 0.3 is 6.09 Å². The van der Waals surface area contributed by atoms with E-state index < -0.39 is 17.9 Å². The standard InChI is InChI=1S/C46H74N4O16/c1-54-14-15-56-18-19-58-22-23-60-26-27-62-30-31-64-34-35-65-33-32-63-29-28-61-25-24-59-21-20-57-17-16-55-13-12-49-45(52)37-50(36-44(51)48-11-10-47)46(53)66-38-43-41-8-4-2-6-39(41)40-7-3-5-9-42(40)43/h2-9,43H,10-38,47H2,1H3,(H,48,51)(H,49,52). The van der Waals surface area contributed by atoms with Crippen molar-refractivity contribution >= 4 is 17.9 Å². The van der Waals surface area contributed by atoms with E-state index >= 15 is 0 Å². The molecule has 2 aromatic rings. The Hall–Kier alpha value is -3.87. The largest absolute Gasteiger partial charge is 0.448 e. The van der Waals surface area contributed by atoms with Crippen molar-refractivity contribution in [2.24, 2.45) is 5.73 Å². The number of benzene rings is 2. The molecular weight excluding hydrogens is 865 g/mol. The van der Waals surface area contributed by atoms with Crippen LogP contribution in [-0.2, 0) is 71.2 Å². The van der Waals surface area contributed by atoms with Crippen LogP contribution in [0, 0.1) is 0 Å². The SMILES string of the molecule is COCCOCCOCCOCCOCCOCCOCCOCCOCCOCCOCCOCCNC(=O)CN(CC(=O)NCCN)C(=O)OCC1c2ccccc2-c2ccccc21. The summed E-state index contributed by atoms with van der Waals surface area (Å²) >= 11 is 0. The molecule has 0 aromatic heterocycles. The highest BCUT2D eigenvalue weighted by Crippen LogP contribution is 2.44. The number of carbonyl (C=O) groups is 3. The lowest BCUT2D eigenvalue weighted by molar-refractivity contribution is -0.124. The molecule has 0 aliphatic heterocycles. The van der Waals surface area contributed by atoms with Crippen molar-refractivity contribution in [2.45, 2.75) is 5.92 Å². The Labute approximate surface area is 389 Å². The van der Waals surface area contributed by atoms with Crippen LogP contribution in [0.25, 0.3) is 11.1 Å². The molecule has 374 valence electrons. The molecule has 1 aliphatic rings. The summed E-state index contributed by atoms with van der Waals surface area (Å²) in [7, 11) is 1.64. The second-order valence-electron chi connectivity index (χ2n) is 14.4. The Kier molecular flexibility index (Phi) is 33.5. The molecule has 3 rings (SSSR count). The van der Waals surface area contributed by atoms with Gasteiger partial charge in [0.15, 0.2) is 0 Å². The summed E-state index contributed by atoms with van der Waals surface area (Å²) in [6, 6.07) is 16.0. The molecule has 20 heteroatoms. The Morgan fingerprint density at radius 3 is 1.14 bits per heavy atom. The molecule has 0 unspecified atom stereocenters. The second kappa shape index (κ2) is 39.2. The van der Waals surface area contributed by atoms with Gasteiger partial charge in [0, 0.05) is 32.7 Å². The Morgan fingerprint density at radius 2 is 0.788 bits per heavy atom. The zero-order valence-corrected chi connectivity index (χ0v) is 38.8. The maximum absolute atomic E-state index is 13.2. The highest BCUT2D eigenvalue weighted by atomic mass is 16.6. The first kappa shape index (κ1) is 56.5. The van der Waals surface area contributed by atoms with Gasteiger partial charge in [-0.1, -0.05) is 48.5 Å². The summed E-state index contributed by atoms with van der Waals surface area (Å²) in [5, 5.41) is 5.34. The number of rotatable bonds is 44. The molecule has 0 spiro atoms. The van der Waals surface area contributed by atoms with Crippen molar-refractivity contribution < 1.29 is 76.0 Å². The number of methoxy groups -OCH3 is 1. The number of nitrogens with zero attached hydrogens (tertiary/aromatic N) is 1. The van der Waals surface area contributed by atoms with Crippen molar-refractivity contribution in [3.63, 3.8) is 0 Å². The van der Waals surface area contributed by atoms with Crippen LogP contribution >= 0.6 is 0 Å². The fourth-order valence-corrected chi connectivity index (χ4v) is 6.25. The van der Waals surface area contributed by atoms with Gasteiger partial charge in [0.1, 0.15) is 19.7 Å². The predicted octanol–water partition coefficient (Wildman–Crippen LogP) is 1.26. The van der Waals surface area contributed by atoms with Crippen LogP contribution in [0.1, 0.15) is 17.0 Å². The monoisotopic (exact) mass is 939 g/mol. The number of ether oxygens (including phenoxy) is 13. The summed E-state index contributed by atoms with van der Waals surface area (Å²) in [4.78, 5) is 39.6. The maximum Gasteiger partial charge on any atom is 0.410 e. The molecule has 0 radical (unpaired) electrons. The number of carbonyl (C=O) groups excluding carboxylic acids is 3. The molecule has 0 heterocycles. The smallest absolute Gasteiger partial charge is 0.410 e. The third kappa shape index (κ3) is 26.5. The topological polar surface area (TPSA) is 225 Å². The van der Waals surface area contributed by atoms with Gasteiger partial charge in [0.05, 0.1) is 152 Å². The molecule has 0 fully saturated rings. The van der Waals surface area contributed by atoms with Crippen LogP contribution in [0.2, 0.25) is 0 Å². The second-order valence-corrected chi connectivity index (χ2v) is 14.4.